The highest BCUT2D eigenvalue weighted by Crippen LogP contribution is 2.26. The summed E-state index contributed by atoms with van der Waals surface area (Å²) in [6.07, 6.45) is 0.829. The van der Waals surface area contributed by atoms with Crippen molar-refractivity contribution in [2.75, 3.05) is 25.1 Å². The zero-order valence-corrected chi connectivity index (χ0v) is 13.9. The molecule has 0 N–H and O–H groups in total. The standard InChI is InChI=1S/C19H23NO3/c1-4-20(5-2)17-9-8-16(13-21)19(12-17)23-14-15-6-10-18(22-3)11-7-15/h6-13H,4-5,14H2,1-3H3. The van der Waals surface area contributed by atoms with Gasteiger partial charge in [0.15, 0.2) is 6.29 Å². The van der Waals surface area contributed by atoms with Crippen LogP contribution in [0.15, 0.2) is 42.5 Å². The first kappa shape index (κ1) is 16.9. The van der Waals surface area contributed by atoms with Gasteiger partial charge in [0.25, 0.3) is 0 Å². The fourth-order valence-electron chi connectivity index (χ4n) is 2.41. The highest BCUT2D eigenvalue weighted by atomic mass is 16.5. The van der Waals surface area contributed by atoms with Crippen LogP contribution in [-0.4, -0.2) is 26.5 Å². The van der Waals surface area contributed by atoms with Crippen LogP contribution < -0.4 is 14.4 Å². The number of aldehydes is 1. The maximum absolute atomic E-state index is 11.2. The summed E-state index contributed by atoms with van der Waals surface area (Å²) in [7, 11) is 1.64. The van der Waals surface area contributed by atoms with E-state index in [-0.39, 0.29) is 0 Å². The van der Waals surface area contributed by atoms with Crippen molar-refractivity contribution in [2.24, 2.45) is 0 Å². The van der Waals surface area contributed by atoms with Crippen molar-refractivity contribution < 1.29 is 14.3 Å². The zero-order chi connectivity index (χ0) is 16.7. The summed E-state index contributed by atoms with van der Waals surface area (Å²) in [4.78, 5) is 13.4. The Hall–Kier alpha value is -2.49. The van der Waals surface area contributed by atoms with Crippen LogP contribution in [0.1, 0.15) is 29.8 Å². The summed E-state index contributed by atoms with van der Waals surface area (Å²) >= 11 is 0. The van der Waals surface area contributed by atoms with E-state index < -0.39 is 0 Å². The molecule has 2 aromatic carbocycles. The molecule has 2 aromatic rings. The Labute approximate surface area is 137 Å². The normalized spacial score (nSPS) is 10.2. The lowest BCUT2D eigenvalue weighted by atomic mass is 10.1. The summed E-state index contributed by atoms with van der Waals surface area (Å²) in [5, 5.41) is 0. The minimum Gasteiger partial charge on any atom is -0.497 e. The van der Waals surface area contributed by atoms with Gasteiger partial charge in [-0.1, -0.05) is 12.1 Å². The molecule has 0 saturated heterocycles. The molecule has 0 amide bonds. The molecule has 0 radical (unpaired) electrons. The van der Waals surface area contributed by atoms with Crippen LogP contribution in [0.2, 0.25) is 0 Å². The van der Waals surface area contributed by atoms with Crippen molar-refractivity contribution in [1.82, 2.24) is 0 Å². The number of anilines is 1. The third kappa shape index (κ3) is 4.25. The minimum absolute atomic E-state index is 0.409. The smallest absolute Gasteiger partial charge is 0.153 e. The van der Waals surface area contributed by atoms with E-state index in [1.54, 1.807) is 7.11 Å². The van der Waals surface area contributed by atoms with Crippen LogP contribution >= 0.6 is 0 Å². The number of methoxy groups -OCH3 is 1. The Morgan fingerprint density at radius 1 is 1.04 bits per heavy atom. The average Bonchev–Trinajstić information content (AvgIpc) is 2.61. The third-order valence-corrected chi connectivity index (χ3v) is 3.81. The molecule has 0 saturated carbocycles. The van der Waals surface area contributed by atoms with Gasteiger partial charge in [0.1, 0.15) is 18.1 Å². The Kier molecular flexibility index (Phi) is 6.03. The van der Waals surface area contributed by atoms with E-state index in [1.165, 1.54) is 0 Å². The molecule has 0 unspecified atom stereocenters. The highest BCUT2D eigenvalue weighted by molar-refractivity contribution is 5.80. The van der Waals surface area contributed by atoms with Crippen LogP contribution in [0.3, 0.4) is 0 Å². The second-order valence-electron chi connectivity index (χ2n) is 5.15. The molecule has 122 valence electrons. The van der Waals surface area contributed by atoms with E-state index in [0.717, 1.165) is 36.4 Å². The predicted octanol–water partition coefficient (Wildman–Crippen LogP) is 3.93. The van der Waals surface area contributed by atoms with Gasteiger partial charge in [0, 0.05) is 24.8 Å². The Bertz CT molecular complexity index is 634. The molecule has 0 spiro atoms. The van der Waals surface area contributed by atoms with Crippen LogP contribution in [0.25, 0.3) is 0 Å². The maximum Gasteiger partial charge on any atom is 0.153 e. The van der Waals surface area contributed by atoms with Gasteiger partial charge in [0.05, 0.1) is 12.7 Å². The molecule has 0 bridgehead atoms. The van der Waals surface area contributed by atoms with Gasteiger partial charge in [-0.3, -0.25) is 4.79 Å². The zero-order valence-electron chi connectivity index (χ0n) is 13.9. The van der Waals surface area contributed by atoms with E-state index in [9.17, 15) is 4.79 Å². The lowest BCUT2D eigenvalue weighted by Crippen LogP contribution is -2.21. The summed E-state index contributed by atoms with van der Waals surface area (Å²) in [6, 6.07) is 13.4. The van der Waals surface area contributed by atoms with Gasteiger partial charge in [-0.05, 0) is 43.7 Å². The fraction of sp³-hybridized carbons (Fsp3) is 0.316. The first-order valence-electron chi connectivity index (χ1n) is 7.81. The molecule has 0 aromatic heterocycles. The van der Waals surface area contributed by atoms with E-state index in [1.807, 2.05) is 42.5 Å². The number of ether oxygens (including phenoxy) is 2. The molecule has 0 aliphatic carbocycles. The lowest BCUT2D eigenvalue weighted by molar-refractivity contribution is 0.111. The van der Waals surface area contributed by atoms with E-state index in [4.69, 9.17) is 9.47 Å². The number of hydrogen-bond donors (Lipinski definition) is 0. The van der Waals surface area contributed by atoms with Crippen molar-refractivity contribution in [1.29, 1.82) is 0 Å². The molecule has 2 rings (SSSR count). The van der Waals surface area contributed by atoms with Crippen molar-refractivity contribution in [2.45, 2.75) is 20.5 Å². The van der Waals surface area contributed by atoms with Gasteiger partial charge >= 0.3 is 0 Å². The Morgan fingerprint density at radius 2 is 1.74 bits per heavy atom. The Balaban J connectivity index is 2.16. The van der Waals surface area contributed by atoms with Crippen LogP contribution in [0, 0.1) is 0 Å². The number of rotatable bonds is 8. The lowest BCUT2D eigenvalue weighted by Gasteiger charge is -2.22. The number of benzene rings is 2. The molecule has 23 heavy (non-hydrogen) atoms. The predicted molar refractivity (Wildman–Crippen MR) is 92.7 cm³/mol. The average molecular weight is 313 g/mol. The molecular formula is C19H23NO3. The quantitative estimate of drug-likeness (QED) is 0.692. The minimum atomic E-state index is 0.409. The first-order valence-corrected chi connectivity index (χ1v) is 7.81. The van der Waals surface area contributed by atoms with Gasteiger partial charge in [-0.15, -0.1) is 0 Å². The number of carbonyl (C=O) groups excluding carboxylic acids is 1. The highest BCUT2D eigenvalue weighted by Gasteiger charge is 2.09. The summed E-state index contributed by atoms with van der Waals surface area (Å²) in [5.74, 6) is 1.42. The van der Waals surface area contributed by atoms with E-state index in [0.29, 0.717) is 17.9 Å². The molecule has 0 aliphatic heterocycles. The van der Waals surface area contributed by atoms with Crippen molar-refractivity contribution in [3.05, 3.63) is 53.6 Å². The molecule has 0 atom stereocenters. The van der Waals surface area contributed by atoms with Crippen LogP contribution in [0.4, 0.5) is 5.69 Å². The molecule has 0 heterocycles. The Morgan fingerprint density at radius 3 is 2.30 bits per heavy atom. The maximum atomic E-state index is 11.2. The van der Waals surface area contributed by atoms with Gasteiger partial charge in [-0.2, -0.15) is 0 Å². The summed E-state index contributed by atoms with van der Waals surface area (Å²) in [6.45, 7) is 6.44. The summed E-state index contributed by atoms with van der Waals surface area (Å²) < 4.78 is 11.0. The topological polar surface area (TPSA) is 38.8 Å². The van der Waals surface area contributed by atoms with Gasteiger partial charge in [-0.25, -0.2) is 0 Å². The molecule has 0 fully saturated rings. The van der Waals surface area contributed by atoms with Crippen molar-refractivity contribution in [3.8, 4) is 11.5 Å². The number of nitrogens with zero attached hydrogens (tertiary/aromatic N) is 1. The number of hydrogen-bond acceptors (Lipinski definition) is 4. The molecule has 0 aliphatic rings. The first-order chi connectivity index (χ1) is 11.2. The summed E-state index contributed by atoms with van der Waals surface area (Å²) in [5.41, 5.74) is 2.65. The van der Waals surface area contributed by atoms with E-state index >= 15 is 0 Å². The number of carbonyl (C=O) groups is 1. The van der Waals surface area contributed by atoms with Crippen molar-refractivity contribution in [3.63, 3.8) is 0 Å². The monoisotopic (exact) mass is 313 g/mol. The molecular weight excluding hydrogens is 290 g/mol. The SMILES string of the molecule is CCN(CC)c1ccc(C=O)c(OCc2ccc(OC)cc2)c1. The molecule has 4 nitrogen and oxygen atoms in total. The molecule has 4 heteroatoms. The second-order valence-corrected chi connectivity index (χ2v) is 5.15. The fourth-order valence-corrected chi connectivity index (χ4v) is 2.41. The van der Waals surface area contributed by atoms with Crippen LogP contribution in [-0.2, 0) is 6.61 Å². The van der Waals surface area contributed by atoms with E-state index in [2.05, 4.69) is 18.7 Å². The largest absolute Gasteiger partial charge is 0.497 e. The van der Waals surface area contributed by atoms with Gasteiger partial charge < -0.3 is 14.4 Å². The third-order valence-electron chi connectivity index (χ3n) is 3.81. The van der Waals surface area contributed by atoms with Crippen LogP contribution in [0.5, 0.6) is 11.5 Å². The second kappa shape index (κ2) is 8.22. The van der Waals surface area contributed by atoms with Gasteiger partial charge in [0.2, 0.25) is 0 Å². The van der Waals surface area contributed by atoms with Crippen molar-refractivity contribution >= 4 is 12.0 Å².